The maximum Gasteiger partial charge on any atom is 0.0602 e. The van der Waals surface area contributed by atoms with Crippen LogP contribution in [0.15, 0.2) is 42.6 Å². The molecule has 20 heavy (non-hydrogen) atoms. The standard InChI is InChI=1S/C16H20ClN3/c1-3-20(12-13-7-4-5-10-19-13)16-9-6-8-15(17)14(16)11-18-2/h4-10,18H,3,11-12H2,1-2H3. The molecule has 1 aromatic heterocycles. The zero-order valence-electron chi connectivity index (χ0n) is 11.9. The first-order chi connectivity index (χ1) is 9.76. The van der Waals surface area contributed by atoms with Crippen LogP contribution in [0.25, 0.3) is 0 Å². The van der Waals surface area contributed by atoms with Crippen LogP contribution in [0, 0.1) is 0 Å². The lowest BCUT2D eigenvalue weighted by Gasteiger charge is -2.26. The Morgan fingerprint density at radius 2 is 2.05 bits per heavy atom. The molecule has 0 fully saturated rings. The van der Waals surface area contributed by atoms with Crippen LogP contribution in [-0.2, 0) is 13.1 Å². The van der Waals surface area contributed by atoms with E-state index >= 15 is 0 Å². The Morgan fingerprint density at radius 3 is 2.70 bits per heavy atom. The maximum atomic E-state index is 6.33. The number of aromatic nitrogens is 1. The number of nitrogens with zero attached hydrogens (tertiary/aromatic N) is 2. The van der Waals surface area contributed by atoms with Crippen molar-refractivity contribution in [2.75, 3.05) is 18.5 Å². The molecule has 1 aromatic carbocycles. The molecule has 106 valence electrons. The van der Waals surface area contributed by atoms with E-state index in [4.69, 9.17) is 11.6 Å². The van der Waals surface area contributed by atoms with Crippen LogP contribution in [-0.4, -0.2) is 18.6 Å². The largest absolute Gasteiger partial charge is 0.366 e. The molecule has 0 aliphatic heterocycles. The Labute approximate surface area is 125 Å². The summed E-state index contributed by atoms with van der Waals surface area (Å²) in [5, 5.41) is 3.98. The fraction of sp³-hybridized carbons (Fsp3) is 0.312. The van der Waals surface area contributed by atoms with Crippen molar-refractivity contribution >= 4 is 17.3 Å². The van der Waals surface area contributed by atoms with Crippen LogP contribution in [0.2, 0.25) is 5.02 Å². The van der Waals surface area contributed by atoms with Gasteiger partial charge in [-0.15, -0.1) is 0 Å². The summed E-state index contributed by atoms with van der Waals surface area (Å²) >= 11 is 6.33. The third kappa shape index (κ3) is 3.50. The molecule has 0 bridgehead atoms. The summed E-state index contributed by atoms with van der Waals surface area (Å²) in [5.74, 6) is 0. The third-order valence-electron chi connectivity index (χ3n) is 3.25. The summed E-state index contributed by atoms with van der Waals surface area (Å²) in [4.78, 5) is 6.69. The third-order valence-corrected chi connectivity index (χ3v) is 3.60. The van der Waals surface area contributed by atoms with Gasteiger partial charge in [-0.05, 0) is 38.2 Å². The normalized spacial score (nSPS) is 10.6. The van der Waals surface area contributed by atoms with Crippen molar-refractivity contribution in [3.05, 3.63) is 58.9 Å². The van der Waals surface area contributed by atoms with Crippen molar-refractivity contribution in [2.45, 2.75) is 20.0 Å². The van der Waals surface area contributed by atoms with Crippen LogP contribution in [0.5, 0.6) is 0 Å². The Hall–Kier alpha value is -1.58. The summed E-state index contributed by atoms with van der Waals surface area (Å²) in [6.07, 6.45) is 1.83. The first kappa shape index (κ1) is 14.8. The number of pyridine rings is 1. The highest BCUT2D eigenvalue weighted by Gasteiger charge is 2.13. The fourth-order valence-corrected chi connectivity index (χ4v) is 2.49. The lowest BCUT2D eigenvalue weighted by atomic mass is 10.1. The summed E-state index contributed by atoms with van der Waals surface area (Å²) in [6.45, 7) is 4.60. The van der Waals surface area contributed by atoms with Crippen LogP contribution >= 0.6 is 11.6 Å². The van der Waals surface area contributed by atoms with Gasteiger partial charge in [-0.2, -0.15) is 0 Å². The topological polar surface area (TPSA) is 28.2 Å². The van der Waals surface area contributed by atoms with Gasteiger partial charge in [0.05, 0.1) is 12.2 Å². The average Bonchev–Trinajstić information content (AvgIpc) is 2.48. The predicted molar refractivity (Wildman–Crippen MR) is 85.2 cm³/mol. The molecule has 0 spiro atoms. The lowest BCUT2D eigenvalue weighted by Crippen LogP contribution is -2.24. The molecule has 1 heterocycles. The number of rotatable bonds is 6. The molecule has 3 nitrogen and oxygen atoms in total. The number of hydrogen-bond donors (Lipinski definition) is 1. The Morgan fingerprint density at radius 1 is 1.20 bits per heavy atom. The van der Waals surface area contributed by atoms with Gasteiger partial charge in [0, 0.05) is 35.6 Å². The van der Waals surface area contributed by atoms with E-state index in [1.807, 2.05) is 43.6 Å². The van der Waals surface area contributed by atoms with Crippen LogP contribution < -0.4 is 10.2 Å². The van der Waals surface area contributed by atoms with Gasteiger partial charge in [0.15, 0.2) is 0 Å². The van der Waals surface area contributed by atoms with Gasteiger partial charge >= 0.3 is 0 Å². The minimum absolute atomic E-state index is 0.758. The zero-order valence-corrected chi connectivity index (χ0v) is 12.7. The molecule has 2 aromatic rings. The Kier molecular flexibility index (Phi) is 5.39. The minimum Gasteiger partial charge on any atom is -0.366 e. The number of halogens is 1. The van der Waals surface area contributed by atoms with Gasteiger partial charge in [0.25, 0.3) is 0 Å². The quantitative estimate of drug-likeness (QED) is 0.882. The van der Waals surface area contributed by atoms with Crippen molar-refractivity contribution < 1.29 is 0 Å². The summed E-state index contributed by atoms with van der Waals surface area (Å²) in [5.41, 5.74) is 3.36. The molecule has 1 N–H and O–H groups in total. The molecule has 4 heteroatoms. The monoisotopic (exact) mass is 289 g/mol. The van der Waals surface area contributed by atoms with E-state index in [2.05, 4.69) is 28.2 Å². The summed E-state index contributed by atoms with van der Waals surface area (Å²) in [6, 6.07) is 12.1. The fourth-order valence-electron chi connectivity index (χ4n) is 2.25. The highest BCUT2D eigenvalue weighted by Crippen LogP contribution is 2.28. The van der Waals surface area contributed by atoms with Crippen LogP contribution in [0.1, 0.15) is 18.2 Å². The Bertz CT molecular complexity index is 543. The molecular formula is C16H20ClN3. The van der Waals surface area contributed by atoms with Gasteiger partial charge in [-0.1, -0.05) is 23.7 Å². The molecule has 0 saturated carbocycles. The van der Waals surface area contributed by atoms with Crippen LogP contribution in [0.4, 0.5) is 5.69 Å². The van der Waals surface area contributed by atoms with E-state index < -0.39 is 0 Å². The van der Waals surface area contributed by atoms with Crippen molar-refractivity contribution in [2.24, 2.45) is 0 Å². The number of nitrogens with one attached hydrogen (secondary N) is 1. The Balaban J connectivity index is 2.29. The number of hydrogen-bond acceptors (Lipinski definition) is 3. The van der Waals surface area contributed by atoms with Crippen molar-refractivity contribution in [3.63, 3.8) is 0 Å². The predicted octanol–water partition coefficient (Wildman–Crippen LogP) is 3.48. The van der Waals surface area contributed by atoms with Gasteiger partial charge in [0.1, 0.15) is 0 Å². The van der Waals surface area contributed by atoms with E-state index in [9.17, 15) is 0 Å². The number of benzene rings is 1. The highest BCUT2D eigenvalue weighted by atomic mass is 35.5. The van der Waals surface area contributed by atoms with Crippen molar-refractivity contribution in [3.8, 4) is 0 Å². The zero-order chi connectivity index (χ0) is 14.4. The van der Waals surface area contributed by atoms with E-state index in [0.717, 1.165) is 35.9 Å². The second-order valence-corrected chi connectivity index (χ2v) is 5.01. The van der Waals surface area contributed by atoms with Crippen molar-refractivity contribution in [1.82, 2.24) is 10.3 Å². The smallest absolute Gasteiger partial charge is 0.0602 e. The molecule has 0 unspecified atom stereocenters. The van der Waals surface area contributed by atoms with E-state index in [0.29, 0.717) is 0 Å². The molecule has 0 aliphatic rings. The van der Waals surface area contributed by atoms with Gasteiger partial charge in [-0.3, -0.25) is 4.98 Å². The highest BCUT2D eigenvalue weighted by molar-refractivity contribution is 6.31. The van der Waals surface area contributed by atoms with E-state index in [1.165, 1.54) is 5.69 Å². The molecular weight excluding hydrogens is 270 g/mol. The average molecular weight is 290 g/mol. The maximum absolute atomic E-state index is 6.33. The van der Waals surface area contributed by atoms with Gasteiger partial charge in [0.2, 0.25) is 0 Å². The van der Waals surface area contributed by atoms with Gasteiger partial charge < -0.3 is 10.2 Å². The summed E-state index contributed by atoms with van der Waals surface area (Å²) in [7, 11) is 1.93. The molecule has 0 aliphatic carbocycles. The SMILES string of the molecule is CCN(Cc1ccccn1)c1cccc(Cl)c1CNC. The first-order valence-electron chi connectivity index (χ1n) is 6.83. The molecule has 0 atom stereocenters. The van der Waals surface area contributed by atoms with E-state index in [-0.39, 0.29) is 0 Å². The molecule has 0 amide bonds. The number of anilines is 1. The molecule has 0 radical (unpaired) electrons. The molecule has 0 saturated heterocycles. The second-order valence-electron chi connectivity index (χ2n) is 4.60. The molecule has 2 rings (SSSR count). The van der Waals surface area contributed by atoms with Gasteiger partial charge in [-0.25, -0.2) is 0 Å². The minimum atomic E-state index is 0.758. The second kappa shape index (κ2) is 7.27. The van der Waals surface area contributed by atoms with Crippen LogP contribution in [0.3, 0.4) is 0 Å². The van der Waals surface area contributed by atoms with Crippen molar-refractivity contribution in [1.29, 1.82) is 0 Å². The summed E-state index contributed by atoms with van der Waals surface area (Å²) < 4.78 is 0. The van der Waals surface area contributed by atoms with E-state index in [1.54, 1.807) is 0 Å². The lowest BCUT2D eigenvalue weighted by molar-refractivity contribution is 0.775. The first-order valence-corrected chi connectivity index (χ1v) is 7.21.